The van der Waals surface area contributed by atoms with Crippen LogP contribution in [0.3, 0.4) is 0 Å². The van der Waals surface area contributed by atoms with Gasteiger partial charge in [-0.1, -0.05) is 30.3 Å². The SMILES string of the molecule is Cc1nc(C(=O)N2CCN(CCc3ccccc3)CC2)cs1. The maximum absolute atomic E-state index is 12.4. The van der Waals surface area contributed by atoms with Crippen LogP contribution in [0.5, 0.6) is 0 Å². The molecule has 5 heteroatoms. The van der Waals surface area contributed by atoms with Crippen molar-refractivity contribution in [2.45, 2.75) is 13.3 Å². The van der Waals surface area contributed by atoms with Crippen molar-refractivity contribution in [2.24, 2.45) is 0 Å². The summed E-state index contributed by atoms with van der Waals surface area (Å²) < 4.78 is 0. The standard InChI is InChI=1S/C17H21N3OS/c1-14-18-16(13-22-14)17(21)20-11-9-19(10-12-20)8-7-15-5-3-2-4-6-15/h2-6,13H,7-12H2,1H3. The molecule has 22 heavy (non-hydrogen) atoms. The number of piperazine rings is 1. The van der Waals surface area contributed by atoms with Gasteiger partial charge in [0.15, 0.2) is 0 Å². The van der Waals surface area contributed by atoms with Crippen LogP contribution in [0.1, 0.15) is 21.1 Å². The van der Waals surface area contributed by atoms with Crippen LogP contribution in [0, 0.1) is 6.92 Å². The lowest BCUT2D eigenvalue weighted by atomic mass is 10.1. The lowest BCUT2D eigenvalue weighted by molar-refractivity contribution is 0.0633. The smallest absolute Gasteiger partial charge is 0.273 e. The first kappa shape index (κ1) is 15.2. The van der Waals surface area contributed by atoms with E-state index in [9.17, 15) is 4.79 Å². The van der Waals surface area contributed by atoms with Crippen LogP contribution < -0.4 is 0 Å². The first-order chi connectivity index (χ1) is 10.7. The highest BCUT2D eigenvalue weighted by Crippen LogP contribution is 2.13. The van der Waals surface area contributed by atoms with Gasteiger partial charge in [0.1, 0.15) is 5.69 Å². The Morgan fingerprint density at radius 1 is 1.18 bits per heavy atom. The van der Waals surface area contributed by atoms with Crippen molar-refractivity contribution in [3.05, 3.63) is 52.0 Å². The maximum Gasteiger partial charge on any atom is 0.273 e. The molecule has 0 atom stereocenters. The number of nitrogens with zero attached hydrogens (tertiary/aromatic N) is 3. The van der Waals surface area contributed by atoms with E-state index in [0.717, 1.165) is 44.2 Å². The Labute approximate surface area is 135 Å². The lowest BCUT2D eigenvalue weighted by Gasteiger charge is -2.34. The van der Waals surface area contributed by atoms with Gasteiger partial charge in [-0.3, -0.25) is 9.69 Å². The average Bonchev–Trinajstić information content (AvgIpc) is 3.00. The van der Waals surface area contributed by atoms with Crippen molar-refractivity contribution < 1.29 is 4.79 Å². The molecule has 1 fully saturated rings. The highest BCUT2D eigenvalue weighted by atomic mass is 32.1. The van der Waals surface area contributed by atoms with Gasteiger partial charge < -0.3 is 4.90 Å². The van der Waals surface area contributed by atoms with Crippen LogP contribution in [0.15, 0.2) is 35.7 Å². The highest BCUT2D eigenvalue weighted by Gasteiger charge is 2.23. The summed E-state index contributed by atoms with van der Waals surface area (Å²) >= 11 is 1.53. The van der Waals surface area contributed by atoms with E-state index in [-0.39, 0.29) is 5.91 Å². The second-order valence-corrected chi connectivity index (χ2v) is 6.68. The first-order valence-corrected chi connectivity index (χ1v) is 8.58. The molecule has 1 aromatic carbocycles. The van der Waals surface area contributed by atoms with Gasteiger partial charge in [-0.25, -0.2) is 4.98 Å². The van der Waals surface area contributed by atoms with E-state index >= 15 is 0 Å². The fraction of sp³-hybridized carbons (Fsp3) is 0.412. The predicted molar refractivity (Wildman–Crippen MR) is 89.3 cm³/mol. The number of thiazole rings is 1. The summed E-state index contributed by atoms with van der Waals surface area (Å²) in [5.74, 6) is 0.0760. The summed E-state index contributed by atoms with van der Waals surface area (Å²) in [5.41, 5.74) is 1.97. The van der Waals surface area contributed by atoms with Gasteiger partial charge in [0.05, 0.1) is 5.01 Å². The maximum atomic E-state index is 12.4. The van der Waals surface area contributed by atoms with Crippen LogP contribution in [-0.4, -0.2) is 53.4 Å². The lowest BCUT2D eigenvalue weighted by Crippen LogP contribution is -2.49. The van der Waals surface area contributed by atoms with E-state index in [2.05, 4.69) is 34.1 Å². The minimum atomic E-state index is 0.0760. The largest absolute Gasteiger partial charge is 0.335 e. The molecule has 116 valence electrons. The molecular weight excluding hydrogens is 294 g/mol. The Morgan fingerprint density at radius 2 is 1.91 bits per heavy atom. The average molecular weight is 315 g/mol. The summed E-state index contributed by atoms with van der Waals surface area (Å²) in [6, 6.07) is 10.6. The topological polar surface area (TPSA) is 36.4 Å². The molecule has 0 radical (unpaired) electrons. The van der Waals surface area contributed by atoms with Gasteiger partial charge in [-0.05, 0) is 18.9 Å². The number of aromatic nitrogens is 1. The first-order valence-electron chi connectivity index (χ1n) is 7.70. The van der Waals surface area contributed by atoms with E-state index in [1.54, 1.807) is 0 Å². The summed E-state index contributed by atoms with van der Waals surface area (Å²) in [5, 5.41) is 2.81. The van der Waals surface area contributed by atoms with E-state index in [1.807, 2.05) is 23.3 Å². The van der Waals surface area contributed by atoms with Crippen LogP contribution in [-0.2, 0) is 6.42 Å². The Balaban J connectivity index is 1.47. The van der Waals surface area contributed by atoms with Crippen molar-refractivity contribution >= 4 is 17.2 Å². The van der Waals surface area contributed by atoms with E-state index in [4.69, 9.17) is 0 Å². The van der Waals surface area contributed by atoms with Crippen molar-refractivity contribution in [3.63, 3.8) is 0 Å². The molecule has 1 aromatic heterocycles. The molecule has 0 unspecified atom stereocenters. The molecule has 0 saturated carbocycles. The number of hydrogen-bond acceptors (Lipinski definition) is 4. The molecule has 2 aromatic rings. The summed E-state index contributed by atoms with van der Waals surface area (Å²) in [6.45, 7) is 6.47. The number of amides is 1. The number of hydrogen-bond donors (Lipinski definition) is 0. The minimum absolute atomic E-state index is 0.0760. The number of carbonyl (C=O) groups is 1. The zero-order valence-electron chi connectivity index (χ0n) is 12.9. The molecule has 0 bridgehead atoms. The number of benzene rings is 1. The molecular formula is C17H21N3OS. The normalized spacial score (nSPS) is 16.0. The third-order valence-electron chi connectivity index (χ3n) is 4.06. The monoisotopic (exact) mass is 315 g/mol. The van der Waals surface area contributed by atoms with Crippen LogP contribution in [0.25, 0.3) is 0 Å². The summed E-state index contributed by atoms with van der Waals surface area (Å²) in [7, 11) is 0. The molecule has 1 amide bonds. The third kappa shape index (κ3) is 3.72. The zero-order chi connectivity index (χ0) is 15.4. The van der Waals surface area contributed by atoms with E-state index < -0.39 is 0 Å². The van der Waals surface area contributed by atoms with Crippen molar-refractivity contribution in [1.82, 2.24) is 14.8 Å². The predicted octanol–water partition coefficient (Wildman–Crippen LogP) is 2.45. The molecule has 1 saturated heterocycles. The number of carbonyl (C=O) groups excluding carboxylic acids is 1. The van der Waals surface area contributed by atoms with Gasteiger partial charge >= 0.3 is 0 Å². The Morgan fingerprint density at radius 3 is 2.55 bits per heavy atom. The molecule has 0 spiro atoms. The Kier molecular flexibility index (Phi) is 4.85. The van der Waals surface area contributed by atoms with Gasteiger partial charge in [-0.2, -0.15) is 0 Å². The van der Waals surface area contributed by atoms with Gasteiger partial charge in [-0.15, -0.1) is 11.3 Å². The van der Waals surface area contributed by atoms with Gasteiger partial charge in [0.2, 0.25) is 0 Å². The van der Waals surface area contributed by atoms with E-state index in [0.29, 0.717) is 5.69 Å². The van der Waals surface area contributed by atoms with Crippen molar-refractivity contribution in [2.75, 3.05) is 32.7 Å². The number of rotatable bonds is 4. The molecule has 0 N–H and O–H groups in total. The van der Waals surface area contributed by atoms with Gasteiger partial charge in [0, 0.05) is 38.1 Å². The summed E-state index contributed by atoms with van der Waals surface area (Å²) in [6.07, 6.45) is 1.07. The minimum Gasteiger partial charge on any atom is -0.335 e. The van der Waals surface area contributed by atoms with Crippen LogP contribution >= 0.6 is 11.3 Å². The number of aryl methyl sites for hydroxylation is 1. The van der Waals surface area contributed by atoms with Crippen molar-refractivity contribution in [1.29, 1.82) is 0 Å². The molecule has 0 aliphatic carbocycles. The van der Waals surface area contributed by atoms with Crippen molar-refractivity contribution in [3.8, 4) is 0 Å². The van der Waals surface area contributed by atoms with Gasteiger partial charge in [0.25, 0.3) is 5.91 Å². The van der Waals surface area contributed by atoms with E-state index in [1.165, 1.54) is 16.9 Å². The molecule has 1 aliphatic rings. The highest BCUT2D eigenvalue weighted by molar-refractivity contribution is 7.09. The summed E-state index contributed by atoms with van der Waals surface area (Å²) in [4.78, 5) is 21.0. The second-order valence-electron chi connectivity index (χ2n) is 5.62. The second kappa shape index (κ2) is 7.03. The quantitative estimate of drug-likeness (QED) is 0.869. The third-order valence-corrected chi connectivity index (χ3v) is 4.83. The molecule has 1 aliphatic heterocycles. The van der Waals surface area contributed by atoms with Crippen LogP contribution in [0.4, 0.5) is 0 Å². The Hall–Kier alpha value is -1.72. The molecule has 2 heterocycles. The fourth-order valence-electron chi connectivity index (χ4n) is 2.73. The fourth-order valence-corrected chi connectivity index (χ4v) is 3.32. The zero-order valence-corrected chi connectivity index (χ0v) is 13.7. The molecule has 3 rings (SSSR count). The Bertz CT molecular complexity index is 618. The van der Waals surface area contributed by atoms with Crippen LogP contribution in [0.2, 0.25) is 0 Å². The molecule has 4 nitrogen and oxygen atoms in total.